The molecule has 0 aliphatic heterocycles. The Morgan fingerprint density at radius 3 is 2.57 bits per heavy atom. The molecule has 0 aliphatic rings. The molecule has 28 heavy (non-hydrogen) atoms. The summed E-state index contributed by atoms with van der Waals surface area (Å²) in [5.41, 5.74) is 0.403. The van der Waals surface area contributed by atoms with Gasteiger partial charge in [0.05, 0.1) is 18.6 Å². The number of carbonyl (C=O) groups excluding carboxylic acids is 2. The fourth-order valence-electron chi connectivity index (χ4n) is 2.38. The number of alkyl halides is 3. The van der Waals surface area contributed by atoms with Gasteiger partial charge in [-0.05, 0) is 42.0 Å². The van der Waals surface area contributed by atoms with Crippen LogP contribution in [0.3, 0.4) is 0 Å². The van der Waals surface area contributed by atoms with E-state index in [1.165, 1.54) is 37.5 Å². The molecule has 0 saturated carbocycles. The number of hydrogen-bond acceptors (Lipinski definition) is 5. The third-order valence-corrected chi connectivity index (χ3v) is 4.64. The zero-order valence-electron chi connectivity index (χ0n) is 14.8. The summed E-state index contributed by atoms with van der Waals surface area (Å²) in [6, 6.07) is 9.34. The van der Waals surface area contributed by atoms with Crippen LogP contribution in [0.5, 0.6) is 5.75 Å². The Hall–Kier alpha value is -2.74. The number of benzene rings is 2. The summed E-state index contributed by atoms with van der Waals surface area (Å²) < 4.78 is 43.5. The fraction of sp³-hybridized carbons (Fsp3) is 0.200. The monoisotopic (exact) mass is 409 g/mol. The molecule has 0 unspecified atom stereocenters. The molecule has 2 rings (SSSR count). The number of thioether (sulfide) groups is 1. The smallest absolute Gasteiger partial charge is 0.416 e. The molecule has 0 spiro atoms. The summed E-state index contributed by atoms with van der Waals surface area (Å²) in [7, 11) is 1.46. The highest BCUT2D eigenvalue weighted by Crippen LogP contribution is 2.30. The van der Waals surface area contributed by atoms with Crippen LogP contribution in [-0.4, -0.2) is 24.6 Å². The molecule has 0 aromatic heterocycles. The Morgan fingerprint density at radius 1 is 1.18 bits per heavy atom. The highest BCUT2D eigenvalue weighted by Gasteiger charge is 2.30. The number of carbonyl (C=O) groups is 2. The SMILES string of the molecule is COc1ccc(C(=O)/C=C/c2cccc(C(F)(F)F)c2)cc1CSCC(=O)[O-]. The number of allylic oxidation sites excluding steroid dienone is 1. The van der Waals surface area contributed by atoms with Crippen molar-refractivity contribution in [2.45, 2.75) is 11.9 Å². The third-order valence-electron chi connectivity index (χ3n) is 3.68. The van der Waals surface area contributed by atoms with Gasteiger partial charge in [0.25, 0.3) is 0 Å². The van der Waals surface area contributed by atoms with Crippen molar-refractivity contribution in [2.24, 2.45) is 0 Å². The lowest BCUT2D eigenvalue weighted by molar-refractivity contribution is -0.301. The van der Waals surface area contributed by atoms with Gasteiger partial charge in [-0.15, -0.1) is 0 Å². The topological polar surface area (TPSA) is 66.4 Å². The van der Waals surface area contributed by atoms with Crippen LogP contribution in [-0.2, 0) is 16.7 Å². The van der Waals surface area contributed by atoms with E-state index in [0.29, 0.717) is 22.6 Å². The number of halogens is 3. The summed E-state index contributed by atoms with van der Waals surface area (Å²) >= 11 is 1.10. The van der Waals surface area contributed by atoms with Crippen LogP contribution < -0.4 is 9.84 Å². The Bertz CT molecular complexity index is 891. The zero-order valence-corrected chi connectivity index (χ0v) is 15.6. The van der Waals surface area contributed by atoms with Crippen molar-refractivity contribution < 1.29 is 32.6 Å². The normalized spacial score (nSPS) is 11.6. The van der Waals surface area contributed by atoms with Gasteiger partial charge in [0.15, 0.2) is 5.78 Å². The van der Waals surface area contributed by atoms with Gasteiger partial charge in [-0.3, -0.25) is 4.79 Å². The van der Waals surface area contributed by atoms with E-state index in [2.05, 4.69) is 0 Å². The first-order valence-electron chi connectivity index (χ1n) is 8.05. The number of hydrogen-bond donors (Lipinski definition) is 0. The van der Waals surface area contributed by atoms with Gasteiger partial charge in [0, 0.05) is 22.6 Å². The number of rotatable bonds is 8. The first-order valence-corrected chi connectivity index (χ1v) is 9.20. The van der Waals surface area contributed by atoms with Crippen LogP contribution in [0.4, 0.5) is 13.2 Å². The Balaban J connectivity index is 2.17. The maximum absolute atomic E-state index is 12.8. The molecule has 0 atom stereocenters. The van der Waals surface area contributed by atoms with Gasteiger partial charge in [0.1, 0.15) is 5.75 Å². The molecule has 0 bridgehead atoms. The quantitative estimate of drug-likeness (QED) is 0.492. The minimum atomic E-state index is -4.46. The summed E-state index contributed by atoms with van der Waals surface area (Å²) in [6.45, 7) is 0. The Kier molecular flexibility index (Phi) is 7.28. The summed E-state index contributed by atoms with van der Waals surface area (Å²) in [4.78, 5) is 22.9. The predicted octanol–water partition coefficient (Wildman–Crippen LogP) is 3.59. The minimum Gasteiger partial charge on any atom is -0.549 e. The van der Waals surface area contributed by atoms with E-state index in [1.54, 1.807) is 12.1 Å². The number of ether oxygens (including phenoxy) is 1. The highest BCUT2D eigenvalue weighted by molar-refractivity contribution is 7.99. The van der Waals surface area contributed by atoms with E-state index in [0.717, 1.165) is 23.9 Å². The van der Waals surface area contributed by atoms with Crippen molar-refractivity contribution in [3.63, 3.8) is 0 Å². The summed E-state index contributed by atoms with van der Waals surface area (Å²) in [6.07, 6.45) is -1.95. The lowest BCUT2D eigenvalue weighted by Gasteiger charge is -2.10. The lowest BCUT2D eigenvalue weighted by atomic mass is 10.0. The number of carboxylic acid groups (broad SMARTS) is 1. The molecule has 148 valence electrons. The van der Waals surface area contributed by atoms with Crippen molar-refractivity contribution >= 4 is 29.6 Å². The minimum absolute atomic E-state index is 0.198. The second-order valence-corrected chi connectivity index (χ2v) is 6.70. The van der Waals surface area contributed by atoms with E-state index in [4.69, 9.17) is 4.74 Å². The molecule has 0 amide bonds. The fourth-order valence-corrected chi connectivity index (χ4v) is 3.09. The van der Waals surface area contributed by atoms with E-state index in [1.807, 2.05) is 0 Å². The number of carboxylic acids is 1. The number of methoxy groups -OCH3 is 1. The number of aliphatic carboxylic acids is 1. The van der Waals surface area contributed by atoms with Crippen LogP contribution in [0.2, 0.25) is 0 Å². The molecule has 0 aliphatic carbocycles. The molecule has 8 heteroatoms. The van der Waals surface area contributed by atoms with Crippen molar-refractivity contribution in [1.29, 1.82) is 0 Å². The Labute approximate surface area is 164 Å². The van der Waals surface area contributed by atoms with E-state index in [9.17, 15) is 27.9 Å². The van der Waals surface area contributed by atoms with Gasteiger partial charge in [-0.1, -0.05) is 18.2 Å². The van der Waals surface area contributed by atoms with Crippen LogP contribution in [0.25, 0.3) is 6.08 Å². The molecule has 0 radical (unpaired) electrons. The third kappa shape index (κ3) is 6.16. The van der Waals surface area contributed by atoms with Crippen molar-refractivity contribution in [1.82, 2.24) is 0 Å². The van der Waals surface area contributed by atoms with Crippen molar-refractivity contribution in [2.75, 3.05) is 12.9 Å². The zero-order chi connectivity index (χ0) is 20.7. The van der Waals surface area contributed by atoms with Gasteiger partial charge in [-0.2, -0.15) is 24.9 Å². The molecule has 0 heterocycles. The molecule has 2 aromatic rings. The molecule has 0 N–H and O–H groups in total. The predicted molar refractivity (Wildman–Crippen MR) is 99.0 cm³/mol. The summed E-state index contributed by atoms with van der Waals surface area (Å²) in [5.74, 6) is -0.984. The molecule has 4 nitrogen and oxygen atoms in total. The first-order chi connectivity index (χ1) is 13.2. The second-order valence-electron chi connectivity index (χ2n) is 5.71. The van der Waals surface area contributed by atoms with E-state index in [-0.39, 0.29) is 11.3 Å². The van der Waals surface area contributed by atoms with Crippen LogP contribution in [0.1, 0.15) is 27.0 Å². The van der Waals surface area contributed by atoms with Gasteiger partial charge < -0.3 is 14.6 Å². The molecule has 0 saturated heterocycles. The first kappa shape index (κ1) is 21.6. The average molecular weight is 409 g/mol. The highest BCUT2D eigenvalue weighted by atomic mass is 32.2. The van der Waals surface area contributed by atoms with E-state index >= 15 is 0 Å². The van der Waals surface area contributed by atoms with Crippen LogP contribution in [0.15, 0.2) is 48.5 Å². The molecule has 0 fully saturated rings. The molecular formula is C20H16F3O4S-. The van der Waals surface area contributed by atoms with Gasteiger partial charge in [-0.25, -0.2) is 0 Å². The average Bonchev–Trinajstić information content (AvgIpc) is 2.65. The second kappa shape index (κ2) is 9.45. The largest absolute Gasteiger partial charge is 0.549 e. The van der Waals surface area contributed by atoms with Crippen molar-refractivity contribution in [3.8, 4) is 5.75 Å². The number of ketones is 1. The van der Waals surface area contributed by atoms with Crippen LogP contribution in [0, 0.1) is 0 Å². The standard InChI is InChI=1S/C20H17F3O4S/c1-27-18-8-6-14(10-15(18)11-28-12-19(25)26)17(24)7-5-13-3-2-4-16(9-13)20(21,22)23/h2-10H,11-12H2,1H3,(H,25,26)/p-1/b7-5+. The van der Waals surface area contributed by atoms with Gasteiger partial charge >= 0.3 is 6.18 Å². The summed E-state index contributed by atoms with van der Waals surface area (Å²) in [5, 5.41) is 10.5. The van der Waals surface area contributed by atoms with Crippen LogP contribution >= 0.6 is 11.8 Å². The Morgan fingerprint density at radius 2 is 1.93 bits per heavy atom. The van der Waals surface area contributed by atoms with Gasteiger partial charge in [0.2, 0.25) is 0 Å². The maximum atomic E-state index is 12.8. The van der Waals surface area contributed by atoms with E-state index < -0.39 is 23.5 Å². The molecule has 2 aromatic carbocycles. The maximum Gasteiger partial charge on any atom is 0.416 e. The van der Waals surface area contributed by atoms with Crippen molar-refractivity contribution in [3.05, 3.63) is 70.8 Å². The lowest BCUT2D eigenvalue weighted by Crippen LogP contribution is -2.24. The molecular weight excluding hydrogens is 393 g/mol.